The Bertz CT molecular complexity index is 1690. The molecule has 6 rings (SSSR count). The molecule has 0 fully saturated rings. The zero-order chi connectivity index (χ0) is 26.9. The van der Waals surface area contributed by atoms with Crippen LogP contribution in [0.4, 0.5) is 0 Å². The van der Waals surface area contributed by atoms with Crippen LogP contribution in [0.2, 0.25) is 5.02 Å². The van der Waals surface area contributed by atoms with Gasteiger partial charge in [-0.1, -0.05) is 54.1 Å². The maximum atomic E-state index is 13.1. The van der Waals surface area contributed by atoms with E-state index in [1.165, 1.54) is 16.8 Å². The van der Waals surface area contributed by atoms with Gasteiger partial charge in [-0.05, 0) is 66.7 Å². The summed E-state index contributed by atoms with van der Waals surface area (Å²) in [4.78, 5) is 17.3. The largest absolute Gasteiger partial charge is 0.487 e. The molecule has 0 bridgehead atoms. The molecular weight excluding hydrogens is 532 g/mol. The molecule has 8 nitrogen and oxygen atoms in total. The van der Waals surface area contributed by atoms with E-state index >= 15 is 0 Å². The molecule has 4 aromatic rings. The van der Waals surface area contributed by atoms with Gasteiger partial charge >= 0.3 is 0 Å². The predicted octanol–water partition coefficient (Wildman–Crippen LogP) is 6.20. The molecule has 10 heteroatoms. The number of hydrogen-bond donors (Lipinski definition) is 1. The minimum Gasteiger partial charge on any atom is -0.487 e. The molecule has 0 spiro atoms. The number of ether oxygens (including phenoxy) is 1. The number of aliphatic imine (C=N–C) groups is 1. The van der Waals surface area contributed by atoms with Gasteiger partial charge in [0.15, 0.2) is 5.84 Å². The van der Waals surface area contributed by atoms with Crippen molar-refractivity contribution in [3.63, 3.8) is 0 Å². The number of fused-ring (bicyclic) bond motifs is 1. The third-order valence-electron chi connectivity index (χ3n) is 6.03. The average molecular weight is 553 g/mol. The molecule has 1 aromatic heterocycles. The molecule has 0 saturated heterocycles. The van der Waals surface area contributed by atoms with Gasteiger partial charge in [-0.3, -0.25) is 10.2 Å². The Morgan fingerprint density at radius 1 is 1.05 bits per heavy atom. The lowest BCUT2D eigenvalue weighted by Gasteiger charge is -2.20. The Labute approximate surface area is 233 Å². The van der Waals surface area contributed by atoms with E-state index in [0.717, 1.165) is 22.6 Å². The minimum absolute atomic E-state index is 0.0578. The first-order chi connectivity index (χ1) is 18.9. The number of thioether (sulfide) groups is 1. The smallest absolute Gasteiger partial charge is 0.283 e. The molecular formula is C29H21ClN6O2S. The quantitative estimate of drug-likeness (QED) is 0.287. The monoisotopic (exact) mass is 552 g/mol. The number of carbonyl (C=O) groups is 1. The maximum Gasteiger partial charge on any atom is 0.283 e. The van der Waals surface area contributed by atoms with Crippen LogP contribution in [0.15, 0.2) is 101 Å². The summed E-state index contributed by atoms with van der Waals surface area (Å²) < 4.78 is 7.60. The summed E-state index contributed by atoms with van der Waals surface area (Å²) in [6, 6.07) is 24.7. The normalized spacial score (nSPS) is 15.8. The number of rotatable bonds is 6. The SMILES string of the molecule is Cc1cccc(OCC2=NN3C(=N)/C(=C/c4cn(-c5ccccc5)nc4-c4ccc(Cl)cc4)C(=O)N=C3S2)c1. The molecule has 2 aliphatic rings. The molecule has 3 aromatic carbocycles. The molecule has 1 N–H and O–H groups in total. The fourth-order valence-electron chi connectivity index (χ4n) is 4.13. The highest BCUT2D eigenvalue weighted by Gasteiger charge is 2.36. The second kappa shape index (κ2) is 10.4. The number of nitrogens with zero attached hydrogens (tertiary/aromatic N) is 5. The van der Waals surface area contributed by atoms with Gasteiger partial charge in [0, 0.05) is 22.3 Å². The first-order valence-corrected chi connectivity index (χ1v) is 13.2. The number of hydrazone groups is 1. The van der Waals surface area contributed by atoms with E-state index in [1.807, 2.05) is 79.9 Å². The van der Waals surface area contributed by atoms with Crippen LogP contribution in [0.3, 0.4) is 0 Å². The topological polar surface area (TPSA) is 95.9 Å². The Balaban J connectivity index is 1.32. The minimum atomic E-state index is -0.510. The fraction of sp³-hybridized carbons (Fsp3) is 0.0690. The highest BCUT2D eigenvalue weighted by atomic mass is 35.5. The van der Waals surface area contributed by atoms with E-state index in [9.17, 15) is 4.79 Å². The molecule has 1 amide bonds. The van der Waals surface area contributed by atoms with Crippen LogP contribution in [0.5, 0.6) is 5.75 Å². The summed E-state index contributed by atoms with van der Waals surface area (Å²) in [5.41, 5.74) is 4.20. The first-order valence-electron chi connectivity index (χ1n) is 12.0. The van der Waals surface area contributed by atoms with Gasteiger partial charge in [-0.25, -0.2) is 4.68 Å². The van der Waals surface area contributed by atoms with Gasteiger partial charge in [0.1, 0.15) is 17.4 Å². The molecule has 39 heavy (non-hydrogen) atoms. The summed E-state index contributed by atoms with van der Waals surface area (Å²) in [6.07, 6.45) is 3.47. The van der Waals surface area contributed by atoms with Crippen molar-refractivity contribution in [2.45, 2.75) is 6.92 Å². The van der Waals surface area contributed by atoms with Gasteiger partial charge in [0.25, 0.3) is 5.91 Å². The zero-order valence-electron chi connectivity index (χ0n) is 20.7. The Kier molecular flexibility index (Phi) is 6.60. The predicted molar refractivity (Wildman–Crippen MR) is 156 cm³/mol. The number of amides is 1. The van der Waals surface area contributed by atoms with Crippen LogP contribution < -0.4 is 4.74 Å². The van der Waals surface area contributed by atoms with Gasteiger partial charge in [-0.2, -0.15) is 20.2 Å². The number of aryl methyl sites for hydroxylation is 1. The van der Waals surface area contributed by atoms with Crippen molar-refractivity contribution in [1.82, 2.24) is 14.8 Å². The number of carbonyl (C=O) groups excluding carboxylic acids is 1. The third kappa shape index (κ3) is 5.14. The standard InChI is InChI=1S/C29H21ClN6O2S/c1-18-6-5-9-23(14-18)38-17-25-33-36-27(31)24(28(37)32-29(36)39-25)15-20-16-35(22-7-3-2-4-8-22)34-26(20)19-10-12-21(30)13-11-19/h2-16,31H,17H2,1H3/b24-15-,31-27?. The van der Waals surface area contributed by atoms with Gasteiger partial charge < -0.3 is 4.74 Å². The molecule has 0 saturated carbocycles. The van der Waals surface area contributed by atoms with Crippen LogP contribution in [-0.2, 0) is 4.79 Å². The number of aromatic nitrogens is 2. The Hall–Kier alpha value is -4.47. The second-order valence-corrected chi connectivity index (χ2v) is 10.3. The van der Waals surface area contributed by atoms with Crippen LogP contribution in [0, 0.1) is 12.3 Å². The number of hydrogen-bond acceptors (Lipinski definition) is 6. The van der Waals surface area contributed by atoms with Crippen molar-refractivity contribution in [2.75, 3.05) is 6.61 Å². The van der Waals surface area contributed by atoms with Crippen molar-refractivity contribution in [3.8, 4) is 22.7 Å². The van der Waals surface area contributed by atoms with Crippen LogP contribution in [-0.4, -0.2) is 43.4 Å². The lowest BCUT2D eigenvalue weighted by Crippen LogP contribution is -2.35. The number of nitrogens with one attached hydrogen (secondary N) is 1. The van der Waals surface area contributed by atoms with E-state index in [2.05, 4.69) is 10.1 Å². The summed E-state index contributed by atoms with van der Waals surface area (Å²) in [5, 5.41) is 21.0. The average Bonchev–Trinajstić information content (AvgIpc) is 3.55. The molecule has 0 atom stereocenters. The van der Waals surface area contributed by atoms with E-state index < -0.39 is 5.91 Å². The Morgan fingerprint density at radius 2 is 1.85 bits per heavy atom. The van der Waals surface area contributed by atoms with Crippen molar-refractivity contribution < 1.29 is 9.53 Å². The summed E-state index contributed by atoms with van der Waals surface area (Å²) in [5.74, 6) is 0.156. The number of para-hydroxylation sites is 1. The van der Waals surface area contributed by atoms with Gasteiger partial charge in [0.05, 0.1) is 17.0 Å². The Morgan fingerprint density at radius 3 is 2.62 bits per heavy atom. The van der Waals surface area contributed by atoms with E-state index in [4.69, 9.17) is 26.8 Å². The zero-order valence-corrected chi connectivity index (χ0v) is 22.3. The van der Waals surface area contributed by atoms with Crippen LogP contribution in [0.1, 0.15) is 11.1 Å². The van der Waals surface area contributed by atoms with Crippen molar-refractivity contribution in [3.05, 3.63) is 107 Å². The number of amidine groups is 2. The van der Waals surface area contributed by atoms with E-state index in [-0.39, 0.29) is 18.0 Å². The van der Waals surface area contributed by atoms with Gasteiger partial charge in [-0.15, -0.1) is 0 Å². The summed E-state index contributed by atoms with van der Waals surface area (Å²) in [7, 11) is 0. The lowest BCUT2D eigenvalue weighted by molar-refractivity contribution is -0.114. The van der Waals surface area contributed by atoms with Crippen LogP contribution >= 0.6 is 23.4 Å². The molecule has 192 valence electrons. The lowest BCUT2D eigenvalue weighted by atomic mass is 10.0. The molecule has 0 unspecified atom stereocenters. The third-order valence-corrected chi connectivity index (χ3v) is 7.16. The number of benzene rings is 3. The van der Waals surface area contributed by atoms with Crippen molar-refractivity contribution in [2.24, 2.45) is 10.1 Å². The highest BCUT2D eigenvalue weighted by molar-refractivity contribution is 8.27. The van der Waals surface area contributed by atoms with E-state index in [0.29, 0.717) is 26.5 Å². The highest BCUT2D eigenvalue weighted by Crippen LogP contribution is 2.31. The van der Waals surface area contributed by atoms with Crippen molar-refractivity contribution >= 4 is 51.4 Å². The first kappa shape index (κ1) is 24.8. The summed E-state index contributed by atoms with van der Waals surface area (Å²) >= 11 is 7.33. The number of halogens is 1. The fourth-order valence-corrected chi connectivity index (χ4v) is 5.06. The second-order valence-electron chi connectivity index (χ2n) is 8.84. The molecule has 0 radical (unpaired) electrons. The molecule has 3 heterocycles. The molecule has 0 aliphatic carbocycles. The van der Waals surface area contributed by atoms with Gasteiger partial charge in [0.2, 0.25) is 5.17 Å². The maximum absolute atomic E-state index is 13.1. The molecule has 2 aliphatic heterocycles. The summed E-state index contributed by atoms with van der Waals surface area (Å²) in [6.45, 7) is 2.20. The van der Waals surface area contributed by atoms with Crippen LogP contribution in [0.25, 0.3) is 23.0 Å². The van der Waals surface area contributed by atoms with Crippen molar-refractivity contribution in [1.29, 1.82) is 5.41 Å². The van der Waals surface area contributed by atoms with E-state index in [1.54, 1.807) is 22.9 Å².